The number of nitrogens with one attached hydrogen (secondary N) is 1. The zero-order chi connectivity index (χ0) is 13.5. The fourth-order valence-corrected chi connectivity index (χ4v) is 1.62. The Bertz CT molecular complexity index is 451. The van der Waals surface area contributed by atoms with Crippen molar-refractivity contribution in [3.63, 3.8) is 0 Å². The lowest BCUT2D eigenvalue weighted by molar-refractivity contribution is -0.383. The maximum Gasteiger partial charge on any atom is 0.293 e. The molecule has 0 aliphatic rings. The quantitative estimate of drug-likeness (QED) is 0.452. The van der Waals surface area contributed by atoms with Crippen molar-refractivity contribution >= 4 is 28.9 Å². The minimum Gasteiger partial charge on any atom is -0.379 e. The first-order valence-corrected chi connectivity index (χ1v) is 5.84. The highest BCUT2D eigenvalue weighted by molar-refractivity contribution is 6.30. The SMILES string of the molecule is NC(=O)CCCCNc1ccc(Cl)cc1[N+](=O)[O-]. The van der Waals surface area contributed by atoms with Gasteiger partial charge in [-0.2, -0.15) is 0 Å². The molecule has 0 atom stereocenters. The van der Waals surface area contributed by atoms with Crippen molar-refractivity contribution in [3.05, 3.63) is 33.3 Å². The normalized spacial score (nSPS) is 10.1. The Morgan fingerprint density at radius 3 is 2.78 bits per heavy atom. The number of carbonyl (C=O) groups is 1. The lowest BCUT2D eigenvalue weighted by Crippen LogP contribution is -2.11. The first-order valence-electron chi connectivity index (χ1n) is 5.47. The highest BCUT2D eigenvalue weighted by Gasteiger charge is 2.13. The number of hydrogen-bond acceptors (Lipinski definition) is 4. The van der Waals surface area contributed by atoms with E-state index in [9.17, 15) is 14.9 Å². The minimum atomic E-state index is -0.488. The second-order valence-corrected chi connectivity index (χ2v) is 4.21. The van der Waals surface area contributed by atoms with Gasteiger partial charge >= 0.3 is 0 Å². The van der Waals surface area contributed by atoms with E-state index in [-0.39, 0.29) is 11.6 Å². The van der Waals surface area contributed by atoms with Gasteiger partial charge in [0.2, 0.25) is 5.91 Å². The number of nitrogens with two attached hydrogens (primary N) is 1. The molecule has 0 aliphatic heterocycles. The maximum absolute atomic E-state index is 10.8. The van der Waals surface area contributed by atoms with Crippen LogP contribution in [0.5, 0.6) is 0 Å². The van der Waals surface area contributed by atoms with Gasteiger partial charge in [0.25, 0.3) is 5.69 Å². The number of carbonyl (C=O) groups excluding carboxylic acids is 1. The summed E-state index contributed by atoms with van der Waals surface area (Å²) < 4.78 is 0. The van der Waals surface area contributed by atoms with Gasteiger partial charge in [0.15, 0.2) is 0 Å². The number of unbranched alkanes of at least 4 members (excludes halogenated alkanes) is 1. The number of hydrogen-bond donors (Lipinski definition) is 2. The van der Waals surface area contributed by atoms with Crippen molar-refractivity contribution in [3.8, 4) is 0 Å². The Kier molecular flexibility index (Phi) is 5.38. The lowest BCUT2D eigenvalue weighted by atomic mass is 10.2. The van der Waals surface area contributed by atoms with E-state index in [1.54, 1.807) is 12.1 Å². The van der Waals surface area contributed by atoms with Crippen LogP contribution in [0.3, 0.4) is 0 Å². The molecule has 0 aliphatic carbocycles. The Morgan fingerprint density at radius 2 is 2.17 bits per heavy atom. The standard InChI is InChI=1S/C11H14ClN3O3/c12-8-4-5-9(10(7-8)15(17)18)14-6-2-1-3-11(13)16/h4-5,7,14H,1-3,6H2,(H2,13,16). The number of nitrogens with zero attached hydrogens (tertiary/aromatic N) is 1. The Hall–Kier alpha value is -1.82. The molecule has 0 bridgehead atoms. The molecule has 98 valence electrons. The summed E-state index contributed by atoms with van der Waals surface area (Å²) >= 11 is 5.70. The number of rotatable bonds is 7. The average Bonchev–Trinajstić information content (AvgIpc) is 2.29. The number of primary amides is 1. The molecule has 1 aromatic carbocycles. The predicted octanol–water partition coefficient (Wildman–Crippen LogP) is 2.32. The van der Waals surface area contributed by atoms with E-state index >= 15 is 0 Å². The third-order valence-electron chi connectivity index (χ3n) is 2.32. The first-order chi connectivity index (χ1) is 8.50. The van der Waals surface area contributed by atoms with Crippen molar-refractivity contribution < 1.29 is 9.72 Å². The molecular formula is C11H14ClN3O3. The number of anilines is 1. The number of nitro benzene ring substituents is 1. The topological polar surface area (TPSA) is 98.3 Å². The van der Waals surface area contributed by atoms with Gasteiger partial charge in [0.05, 0.1) is 4.92 Å². The van der Waals surface area contributed by atoms with Crippen LogP contribution in [-0.4, -0.2) is 17.4 Å². The largest absolute Gasteiger partial charge is 0.379 e. The van der Waals surface area contributed by atoms with Gasteiger partial charge in [0, 0.05) is 24.1 Å². The summed E-state index contributed by atoms with van der Waals surface area (Å²) in [5, 5.41) is 14.1. The lowest BCUT2D eigenvalue weighted by Gasteiger charge is -2.06. The fraction of sp³-hybridized carbons (Fsp3) is 0.364. The van der Waals surface area contributed by atoms with E-state index < -0.39 is 4.92 Å². The molecule has 1 amide bonds. The van der Waals surface area contributed by atoms with Gasteiger partial charge in [0.1, 0.15) is 5.69 Å². The van der Waals surface area contributed by atoms with Crippen LogP contribution >= 0.6 is 11.6 Å². The van der Waals surface area contributed by atoms with Crippen LogP contribution < -0.4 is 11.1 Å². The van der Waals surface area contributed by atoms with E-state index in [4.69, 9.17) is 17.3 Å². The summed E-state index contributed by atoms with van der Waals surface area (Å²) in [6.45, 7) is 0.537. The van der Waals surface area contributed by atoms with Crippen molar-refractivity contribution in [2.75, 3.05) is 11.9 Å². The molecular weight excluding hydrogens is 258 g/mol. The second kappa shape index (κ2) is 6.80. The number of nitro groups is 1. The van der Waals surface area contributed by atoms with Crippen LogP contribution in [0.15, 0.2) is 18.2 Å². The molecule has 0 saturated carbocycles. The molecule has 0 aromatic heterocycles. The van der Waals surface area contributed by atoms with Crippen LogP contribution in [-0.2, 0) is 4.79 Å². The van der Waals surface area contributed by atoms with Gasteiger partial charge in [-0.25, -0.2) is 0 Å². The summed E-state index contributed by atoms with van der Waals surface area (Å²) in [7, 11) is 0. The molecule has 0 radical (unpaired) electrons. The molecule has 7 heteroatoms. The molecule has 0 spiro atoms. The van der Waals surface area contributed by atoms with Crippen molar-refractivity contribution in [2.45, 2.75) is 19.3 Å². The van der Waals surface area contributed by atoms with Gasteiger partial charge in [-0.3, -0.25) is 14.9 Å². The van der Waals surface area contributed by atoms with Crippen LogP contribution in [0, 0.1) is 10.1 Å². The average molecular weight is 272 g/mol. The molecule has 0 saturated heterocycles. The Balaban J connectivity index is 2.51. The van der Waals surface area contributed by atoms with Gasteiger partial charge in [-0.05, 0) is 25.0 Å². The van der Waals surface area contributed by atoms with E-state index in [1.165, 1.54) is 6.07 Å². The van der Waals surface area contributed by atoms with Crippen LogP contribution in [0.25, 0.3) is 0 Å². The zero-order valence-electron chi connectivity index (χ0n) is 9.69. The second-order valence-electron chi connectivity index (χ2n) is 3.77. The maximum atomic E-state index is 10.8. The molecule has 6 nitrogen and oxygen atoms in total. The molecule has 3 N–H and O–H groups in total. The smallest absolute Gasteiger partial charge is 0.293 e. The summed E-state index contributed by atoms with van der Waals surface area (Å²) in [5.74, 6) is -0.340. The molecule has 0 heterocycles. The van der Waals surface area contributed by atoms with Crippen molar-refractivity contribution in [2.24, 2.45) is 5.73 Å². The highest BCUT2D eigenvalue weighted by atomic mass is 35.5. The van der Waals surface area contributed by atoms with Gasteiger partial charge in [-0.15, -0.1) is 0 Å². The van der Waals surface area contributed by atoms with Crippen molar-refractivity contribution in [1.82, 2.24) is 0 Å². The third kappa shape index (κ3) is 4.58. The summed E-state index contributed by atoms with van der Waals surface area (Å²) in [6.07, 6.45) is 1.69. The molecule has 1 rings (SSSR count). The summed E-state index contributed by atoms with van der Waals surface area (Å²) in [5.41, 5.74) is 5.36. The minimum absolute atomic E-state index is 0.0580. The summed E-state index contributed by atoms with van der Waals surface area (Å²) in [6, 6.07) is 4.45. The van der Waals surface area contributed by atoms with Crippen LogP contribution in [0.1, 0.15) is 19.3 Å². The monoisotopic (exact) mass is 271 g/mol. The number of halogens is 1. The zero-order valence-corrected chi connectivity index (χ0v) is 10.4. The van der Waals surface area contributed by atoms with E-state index in [0.29, 0.717) is 36.5 Å². The van der Waals surface area contributed by atoms with E-state index in [2.05, 4.69) is 5.32 Å². The van der Waals surface area contributed by atoms with E-state index in [0.717, 1.165) is 0 Å². The summed E-state index contributed by atoms with van der Waals surface area (Å²) in [4.78, 5) is 20.8. The number of amides is 1. The van der Waals surface area contributed by atoms with Gasteiger partial charge in [-0.1, -0.05) is 11.6 Å². The molecule has 0 unspecified atom stereocenters. The fourth-order valence-electron chi connectivity index (χ4n) is 1.45. The van der Waals surface area contributed by atoms with Crippen LogP contribution in [0.4, 0.5) is 11.4 Å². The Morgan fingerprint density at radius 1 is 1.44 bits per heavy atom. The third-order valence-corrected chi connectivity index (χ3v) is 2.56. The van der Waals surface area contributed by atoms with Crippen molar-refractivity contribution in [1.29, 1.82) is 0 Å². The predicted molar refractivity (Wildman–Crippen MR) is 69.6 cm³/mol. The molecule has 1 aromatic rings. The first kappa shape index (κ1) is 14.2. The van der Waals surface area contributed by atoms with Crippen LogP contribution in [0.2, 0.25) is 5.02 Å². The van der Waals surface area contributed by atoms with E-state index in [1.807, 2.05) is 0 Å². The van der Waals surface area contributed by atoms with Gasteiger partial charge < -0.3 is 11.1 Å². The molecule has 18 heavy (non-hydrogen) atoms. The Labute approximate surface area is 109 Å². The molecule has 0 fully saturated rings. The number of benzene rings is 1. The highest BCUT2D eigenvalue weighted by Crippen LogP contribution is 2.27.